The van der Waals surface area contributed by atoms with Crippen LogP contribution >= 0.6 is 0 Å². The number of amides is 1. The van der Waals surface area contributed by atoms with Crippen LogP contribution in [0, 0.1) is 10.1 Å². The first-order chi connectivity index (χ1) is 12.0. The van der Waals surface area contributed by atoms with E-state index in [4.69, 9.17) is 9.47 Å². The summed E-state index contributed by atoms with van der Waals surface area (Å²) in [5, 5.41) is 13.3. The summed E-state index contributed by atoms with van der Waals surface area (Å²) in [6.07, 6.45) is 0.880. The summed E-state index contributed by atoms with van der Waals surface area (Å²) in [5.74, 6) is 0.715. The Balaban J connectivity index is 1.91. The molecule has 0 radical (unpaired) electrons. The second-order valence-electron chi connectivity index (χ2n) is 5.12. The van der Waals surface area contributed by atoms with Crippen LogP contribution in [0.2, 0.25) is 0 Å². The van der Waals surface area contributed by atoms with Crippen LogP contribution in [0.1, 0.15) is 6.92 Å². The highest BCUT2D eigenvalue weighted by Gasteiger charge is 2.15. The van der Waals surface area contributed by atoms with E-state index in [2.05, 4.69) is 11.9 Å². The number of nitro groups is 1. The average Bonchev–Trinajstić information content (AvgIpc) is 2.61. The Morgan fingerprint density at radius 2 is 1.80 bits per heavy atom. The molecule has 0 saturated carbocycles. The van der Waals surface area contributed by atoms with Gasteiger partial charge in [0.15, 0.2) is 6.10 Å². The van der Waals surface area contributed by atoms with Crippen molar-refractivity contribution in [2.45, 2.75) is 13.0 Å². The number of rotatable bonds is 8. The van der Waals surface area contributed by atoms with Crippen molar-refractivity contribution in [2.24, 2.45) is 0 Å². The maximum absolute atomic E-state index is 12.2. The zero-order valence-corrected chi connectivity index (χ0v) is 13.7. The highest BCUT2D eigenvalue weighted by molar-refractivity contribution is 5.94. The van der Waals surface area contributed by atoms with Crippen LogP contribution in [-0.2, 0) is 4.79 Å². The van der Waals surface area contributed by atoms with Crippen LogP contribution in [0.15, 0.2) is 61.2 Å². The number of carbonyl (C=O) groups is 1. The summed E-state index contributed by atoms with van der Waals surface area (Å²) < 4.78 is 10.9. The Kier molecular flexibility index (Phi) is 6.11. The lowest BCUT2D eigenvalue weighted by Gasteiger charge is -2.15. The fraction of sp³-hybridized carbons (Fsp3) is 0.167. The molecule has 7 heteroatoms. The molecule has 0 aliphatic heterocycles. The molecule has 1 N–H and O–H groups in total. The van der Waals surface area contributed by atoms with E-state index in [9.17, 15) is 14.9 Å². The summed E-state index contributed by atoms with van der Waals surface area (Å²) in [4.78, 5) is 22.3. The van der Waals surface area contributed by atoms with E-state index in [1.165, 1.54) is 24.3 Å². The van der Waals surface area contributed by atoms with E-state index in [1.54, 1.807) is 37.3 Å². The first kappa shape index (κ1) is 18.0. The lowest BCUT2D eigenvalue weighted by Crippen LogP contribution is -2.30. The molecule has 1 atom stereocenters. The normalized spacial score (nSPS) is 11.2. The second kappa shape index (κ2) is 8.49. The van der Waals surface area contributed by atoms with Crippen molar-refractivity contribution in [1.82, 2.24) is 0 Å². The molecule has 2 aromatic carbocycles. The Morgan fingerprint density at radius 3 is 2.36 bits per heavy atom. The minimum absolute atomic E-state index is 0.0387. The van der Waals surface area contributed by atoms with Crippen LogP contribution in [0.25, 0.3) is 0 Å². The SMILES string of the molecule is C=CCOc1ccc(NC(=O)[C@H](C)Oc2ccc([N+](=O)[O-])cc2)cc1. The number of ether oxygens (including phenoxy) is 2. The molecule has 1 amide bonds. The molecule has 7 nitrogen and oxygen atoms in total. The fourth-order valence-electron chi connectivity index (χ4n) is 1.94. The Hall–Kier alpha value is -3.35. The van der Waals surface area contributed by atoms with Crippen molar-refractivity contribution in [3.63, 3.8) is 0 Å². The van der Waals surface area contributed by atoms with Gasteiger partial charge in [-0.05, 0) is 43.3 Å². The Bertz CT molecular complexity index is 741. The van der Waals surface area contributed by atoms with Crippen LogP contribution in [0.4, 0.5) is 11.4 Å². The summed E-state index contributed by atoms with van der Waals surface area (Å²) in [6.45, 7) is 5.57. The van der Waals surface area contributed by atoms with Gasteiger partial charge in [-0.3, -0.25) is 14.9 Å². The first-order valence-electron chi connectivity index (χ1n) is 7.55. The van der Waals surface area contributed by atoms with E-state index in [0.717, 1.165) is 0 Å². The van der Waals surface area contributed by atoms with Gasteiger partial charge in [0.1, 0.15) is 18.1 Å². The highest BCUT2D eigenvalue weighted by Crippen LogP contribution is 2.19. The van der Waals surface area contributed by atoms with Crippen molar-refractivity contribution < 1.29 is 19.2 Å². The standard InChI is InChI=1S/C18H18N2O5/c1-3-12-24-16-8-4-14(5-9-16)19-18(21)13(2)25-17-10-6-15(7-11-17)20(22)23/h3-11,13H,1,12H2,2H3,(H,19,21)/t13-/m0/s1. The molecule has 0 aliphatic carbocycles. The molecular weight excluding hydrogens is 324 g/mol. The zero-order valence-electron chi connectivity index (χ0n) is 13.7. The number of nitro benzene ring substituents is 1. The molecule has 130 valence electrons. The van der Waals surface area contributed by atoms with E-state index in [1.807, 2.05) is 0 Å². The number of nitrogens with zero attached hydrogens (tertiary/aromatic N) is 1. The lowest BCUT2D eigenvalue weighted by molar-refractivity contribution is -0.384. The maximum atomic E-state index is 12.2. The predicted octanol–water partition coefficient (Wildman–Crippen LogP) is 3.57. The number of carbonyl (C=O) groups excluding carboxylic acids is 1. The fourth-order valence-corrected chi connectivity index (χ4v) is 1.94. The van der Waals surface area contributed by atoms with Gasteiger partial charge in [0.2, 0.25) is 0 Å². The molecule has 25 heavy (non-hydrogen) atoms. The Labute approximate surface area is 145 Å². The van der Waals surface area contributed by atoms with Crippen molar-refractivity contribution in [3.05, 3.63) is 71.3 Å². The third-order valence-electron chi connectivity index (χ3n) is 3.22. The zero-order chi connectivity index (χ0) is 18.2. The van der Waals surface area contributed by atoms with Crippen LogP contribution in [-0.4, -0.2) is 23.5 Å². The monoisotopic (exact) mass is 342 g/mol. The summed E-state index contributed by atoms with van der Waals surface area (Å²) in [6, 6.07) is 12.5. The van der Waals surface area contributed by atoms with Crippen LogP contribution < -0.4 is 14.8 Å². The lowest BCUT2D eigenvalue weighted by atomic mass is 10.2. The van der Waals surface area contributed by atoms with Gasteiger partial charge in [-0.2, -0.15) is 0 Å². The molecule has 0 spiro atoms. The molecular formula is C18H18N2O5. The number of hydrogen-bond acceptors (Lipinski definition) is 5. The molecule has 0 unspecified atom stereocenters. The minimum Gasteiger partial charge on any atom is -0.490 e. The molecule has 2 aromatic rings. The molecule has 0 fully saturated rings. The number of non-ortho nitro benzene ring substituents is 1. The van der Waals surface area contributed by atoms with Crippen molar-refractivity contribution in [2.75, 3.05) is 11.9 Å². The van der Waals surface area contributed by atoms with Gasteiger partial charge in [0, 0.05) is 17.8 Å². The van der Waals surface area contributed by atoms with Crippen molar-refractivity contribution >= 4 is 17.3 Å². The number of benzene rings is 2. The van der Waals surface area contributed by atoms with E-state index < -0.39 is 11.0 Å². The number of nitrogens with one attached hydrogen (secondary N) is 1. The topological polar surface area (TPSA) is 90.7 Å². The maximum Gasteiger partial charge on any atom is 0.269 e. The summed E-state index contributed by atoms with van der Waals surface area (Å²) >= 11 is 0. The third-order valence-corrected chi connectivity index (χ3v) is 3.22. The second-order valence-corrected chi connectivity index (χ2v) is 5.12. The van der Waals surface area contributed by atoms with Crippen LogP contribution in [0.3, 0.4) is 0 Å². The average molecular weight is 342 g/mol. The van der Waals surface area contributed by atoms with E-state index in [-0.39, 0.29) is 11.6 Å². The minimum atomic E-state index is -0.766. The molecule has 0 heterocycles. The van der Waals surface area contributed by atoms with E-state index in [0.29, 0.717) is 23.8 Å². The smallest absolute Gasteiger partial charge is 0.269 e. The van der Waals surface area contributed by atoms with Gasteiger partial charge in [-0.15, -0.1) is 0 Å². The third kappa shape index (κ3) is 5.35. The quantitative estimate of drug-likeness (QED) is 0.450. The van der Waals surface area contributed by atoms with Gasteiger partial charge in [-0.1, -0.05) is 12.7 Å². The Morgan fingerprint density at radius 1 is 1.20 bits per heavy atom. The predicted molar refractivity (Wildman–Crippen MR) is 94.0 cm³/mol. The van der Waals surface area contributed by atoms with Crippen molar-refractivity contribution in [3.8, 4) is 11.5 Å². The molecule has 0 bridgehead atoms. The summed E-state index contributed by atoms with van der Waals surface area (Å²) in [5.41, 5.74) is 0.568. The van der Waals surface area contributed by atoms with Gasteiger partial charge < -0.3 is 14.8 Å². The highest BCUT2D eigenvalue weighted by atomic mass is 16.6. The van der Waals surface area contributed by atoms with Gasteiger partial charge in [-0.25, -0.2) is 0 Å². The van der Waals surface area contributed by atoms with Gasteiger partial charge >= 0.3 is 0 Å². The van der Waals surface area contributed by atoms with E-state index >= 15 is 0 Å². The number of hydrogen-bond donors (Lipinski definition) is 1. The molecule has 2 rings (SSSR count). The van der Waals surface area contributed by atoms with Gasteiger partial charge in [0.05, 0.1) is 4.92 Å². The first-order valence-corrected chi connectivity index (χ1v) is 7.55. The van der Waals surface area contributed by atoms with Crippen LogP contribution in [0.5, 0.6) is 11.5 Å². The van der Waals surface area contributed by atoms with Crippen molar-refractivity contribution in [1.29, 1.82) is 0 Å². The number of anilines is 1. The van der Waals surface area contributed by atoms with Gasteiger partial charge in [0.25, 0.3) is 11.6 Å². The summed E-state index contributed by atoms with van der Waals surface area (Å²) in [7, 11) is 0. The molecule has 0 aromatic heterocycles. The molecule has 0 aliphatic rings. The largest absolute Gasteiger partial charge is 0.490 e. The molecule has 0 saturated heterocycles.